The van der Waals surface area contributed by atoms with Gasteiger partial charge in [0.05, 0.1) is 0 Å². The molecule has 0 saturated heterocycles. The molecule has 18 heavy (non-hydrogen) atoms. The molecule has 0 amide bonds. The molecule has 1 aromatic heterocycles. The van der Waals surface area contributed by atoms with E-state index in [9.17, 15) is 0 Å². The van der Waals surface area contributed by atoms with Crippen molar-refractivity contribution < 1.29 is 0 Å². The third-order valence-corrected chi connectivity index (χ3v) is 3.26. The summed E-state index contributed by atoms with van der Waals surface area (Å²) in [6.07, 6.45) is 4.93. The molecular formula is C15H21N3. The fourth-order valence-electron chi connectivity index (χ4n) is 2.26. The maximum atomic E-state index is 4.25. The summed E-state index contributed by atoms with van der Waals surface area (Å²) in [5, 5.41) is 3.50. The molecule has 0 radical (unpaired) electrons. The van der Waals surface area contributed by atoms with Crippen molar-refractivity contribution in [2.75, 3.05) is 6.54 Å². The Hall–Kier alpha value is -1.61. The van der Waals surface area contributed by atoms with Gasteiger partial charge in [0.2, 0.25) is 0 Å². The summed E-state index contributed by atoms with van der Waals surface area (Å²) in [6, 6.07) is 9.17. The van der Waals surface area contributed by atoms with Crippen LogP contribution in [-0.4, -0.2) is 16.1 Å². The van der Waals surface area contributed by atoms with Crippen LogP contribution in [0, 0.1) is 6.92 Å². The van der Waals surface area contributed by atoms with Crippen LogP contribution in [0.5, 0.6) is 0 Å². The van der Waals surface area contributed by atoms with E-state index >= 15 is 0 Å². The molecule has 96 valence electrons. The zero-order chi connectivity index (χ0) is 13.0. The van der Waals surface area contributed by atoms with Crippen molar-refractivity contribution >= 4 is 0 Å². The number of rotatable bonds is 5. The molecule has 1 heterocycles. The van der Waals surface area contributed by atoms with Crippen molar-refractivity contribution in [3.8, 4) is 5.69 Å². The lowest BCUT2D eigenvalue weighted by Crippen LogP contribution is -2.19. The third kappa shape index (κ3) is 2.62. The molecule has 1 unspecified atom stereocenters. The molecule has 2 rings (SSSR count). The van der Waals surface area contributed by atoms with E-state index in [4.69, 9.17) is 0 Å². The summed E-state index contributed by atoms with van der Waals surface area (Å²) in [5.74, 6) is 1.02. The lowest BCUT2D eigenvalue weighted by Gasteiger charge is -2.16. The molecule has 0 aliphatic carbocycles. The van der Waals surface area contributed by atoms with Crippen molar-refractivity contribution in [3.05, 3.63) is 48.0 Å². The van der Waals surface area contributed by atoms with Gasteiger partial charge in [0.15, 0.2) is 0 Å². The van der Waals surface area contributed by atoms with Crippen LogP contribution in [0.3, 0.4) is 0 Å². The van der Waals surface area contributed by atoms with Crippen LogP contribution in [0.2, 0.25) is 0 Å². The van der Waals surface area contributed by atoms with Crippen molar-refractivity contribution in [2.24, 2.45) is 0 Å². The molecule has 0 bridgehead atoms. The number of nitrogens with zero attached hydrogens (tertiary/aromatic N) is 2. The maximum absolute atomic E-state index is 4.25. The minimum atomic E-state index is 0.452. The van der Waals surface area contributed by atoms with E-state index in [1.54, 1.807) is 0 Å². The minimum Gasteiger partial charge on any atom is -0.310 e. The van der Waals surface area contributed by atoms with E-state index in [0.717, 1.165) is 18.8 Å². The van der Waals surface area contributed by atoms with Crippen molar-refractivity contribution in [1.82, 2.24) is 14.9 Å². The number of benzene rings is 1. The standard InChI is InChI=1S/C15H21N3/c1-4-15(16-5-2)13-6-8-14(9-7-13)18-11-10-17-12(18)3/h6-11,15-16H,4-5H2,1-3H3. The Balaban J connectivity index is 2.22. The van der Waals surface area contributed by atoms with E-state index in [1.165, 1.54) is 11.3 Å². The highest BCUT2D eigenvalue weighted by molar-refractivity contribution is 5.36. The van der Waals surface area contributed by atoms with Crippen LogP contribution in [0.15, 0.2) is 36.7 Å². The van der Waals surface area contributed by atoms with Crippen LogP contribution in [0.4, 0.5) is 0 Å². The first kappa shape index (κ1) is 12.8. The highest BCUT2D eigenvalue weighted by Gasteiger charge is 2.07. The largest absolute Gasteiger partial charge is 0.310 e. The second-order valence-corrected chi connectivity index (χ2v) is 4.45. The van der Waals surface area contributed by atoms with Crippen LogP contribution < -0.4 is 5.32 Å². The predicted octanol–water partition coefficient (Wildman–Crippen LogP) is 3.24. The van der Waals surface area contributed by atoms with E-state index in [-0.39, 0.29) is 0 Å². The molecule has 0 saturated carbocycles. The first-order valence-electron chi connectivity index (χ1n) is 6.60. The summed E-state index contributed by atoms with van der Waals surface area (Å²) in [7, 11) is 0. The Kier molecular flexibility index (Phi) is 4.15. The molecule has 3 heteroatoms. The quantitative estimate of drug-likeness (QED) is 0.873. The average Bonchev–Trinajstić information content (AvgIpc) is 2.82. The number of hydrogen-bond acceptors (Lipinski definition) is 2. The minimum absolute atomic E-state index is 0.452. The van der Waals surface area contributed by atoms with E-state index in [2.05, 4.69) is 53.0 Å². The predicted molar refractivity (Wildman–Crippen MR) is 75.0 cm³/mol. The summed E-state index contributed by atoms with van der Waals surface area (Å²) < 4.78 is 2.10. The second kappa shape index (κ2) is 5.83. The smallest absolute Gasteiger partial charge is 0.110 e. The Morgan fingerprint density at radius 1 is 1.22 bits per heavy atom. The van der Waals surface area contributed by atoms with Crippen LogP contribution in [-0.2, 0) is 0 Å². The van der Waals surface area contributed by atoms with Crippen LogP contribution in [0.1, 0.15) is 37.7 Å². The SMILES string of the molecule is CCNC(CC)c1ccc(-n2ccnc2C)cc1. The molecular weight excluding hydrogens is 222 g/mol. The van der Waals surface area contributed by atoms with Gasteiger partial charge in [0, 0.05) is 24.1 Å². The molecule has 3 nitrogen and oxygen atoms in total. The molecule has 1 aromatic carbocycles. The van der Waals surface area contributed by atoms with Crippen LogP contribution in [0.25, 0.3) is 5.69 Å². The highest BCUT2D eigenvalue weighted by Crippen LogP contribution is 2.19. The van der Waals surface area contributed by atoms with Crippen molar-refractivity contribution in [3.63, 3.8) is 0 Å². The summed E-state index contributed by atoms with van der Waals surface area (Å²) >= 11 is 0. The molecule has 1 atom stereocenters. The van der Waals surface area contributed by atoms with Gasteiger partial charge in [-0.2, -0.15) is 0 Å². The van der Waals surface area contributed by atoms with Gasteiger partial charge in [0.1, 0.15) is 5.82 Å². The van der Waals surface area contributed by atoms with Crippen molar-refractivity contribution in [1.29, 1.82) is 0 Å². The van der Waals surface area contributed by atoms with Gasteiger partial charge in [0.25, 0.3) is 0 Å². The molecule has 1 N–H and O–H groups in total. The summed E-state index contributed by atoms with van der Waals surface area (Å²) in [6.45, 7) is 7.37. The van der Waals surface area contributed by atoms with Gasteiger partial charge in [-0.25, -0.2) is 4.98 Å². The zero-order valence-corrected chi connectivity index (χ0v) is 11.4. The number of aromatic nitrogens is 2. The fraction of sp³-hybridized carbons (Fsp3) is 0.400. The maximum Gasteiger partial charge on any atom is 0.110 e. The van der Waals surface area contributed by atoms with Gasteiger partial charge in [-0.1, -0.05) is 26.0 Å². The number of hydrogen-bond donors (Lipinski definition) is 1. The average molecular weight is 243 g/mol. The summed E-state index contributed by atoms with van der Waals surface area (Å²) in [5.41, 5.74) is 2.51. The Morgan fingerprint density at radius 2 is 1.94 bits per heavy atom. The third-order valence-electron chi connectivity index (χ3n) is 3.26. The second-order valence-electron chi connectivity index (χ2n) is 4.45. The zero-order valence-electron chi connectivity index (χ0n) is 11.4. The normalized spacial score (nSPS) is 12.6. The Labute approximate surface area is 109 Å². The molecule has 0 fully saturated rings. The Bertz CT molecular complexity index is 485. The van der Waals surface area contributed by atoms with Crippen molar-refractivity contribution in [2.45, 2.75) is 33.2 Å². The van der Waals surface area contributed by atoms with Gasteiger partial charge in [-0.05, 0) is 37.6 Å². The topological polar surface area (TPSA) is 29.9 Å². The Morgan fingerprint density at radius 3 is 2.44 bits per heavy atom. The van der Waals surface area contributed by atoms with Crippen LogP contribution >= 0.6 is 0 Å². The number of imidazole rings is 1. The van der Waals surface area contributed by atoms with Gasteiger partial charge in [-0.15, -0.1) is 0 Å². The monoisotopic (exact) mass is 243 g/mol. The van der Waals surface area contributed by atoms with Gasteiger partial charge >= 0.3 is 0 Å². The molecule has 0 aliphatic rings. The number of aryl methyl sites for hydroxylation is 1. The lowest BCUT2D eigenvalue weighted by molar-refractivity contribution is 0.537. The first-order chi connectivity index (χ1) is 8.76. The fourth-order valence-corrected chi connectivity index (χ4v) is 2.26. The molecule has 2 aromatic rings. The summed E-state index contributed by atoms with van der Waals surface area (Å²) in [4.78, 5) is 4.25. The van der Waals surface area contributed by atoms with E-state index in [1.807, 2.05) is 19.3 Å². The lowest BCUT2D eigenvalue weighted by atomic mass is 10.0. The van der Waals surface area contributed by atoms with E-state index in [0.29, 0.717) is 6.04 Å². The van der Waals surface area contributed by atoms with Gasteiger partial charge < -0.3 is 9.88 Å². The highest BCUT2D eigenvalue weighted by atomic mass is 15.1. The molecule has 0 spiro atoms. The van der Waals surface area contributed by atoms with E-state index < -0.39 is 0 Å². The first-order valence-corrected chi connectivity index (χ1v) is 6.60. The number of nitrogens with one attached hydrogen (secondary N) is 1. The molecule has 0 aliphatic heterocycles. The van der Waals surface area contributed by atoms with Gasteiger partial charge in [-0.3, -0.25) is 0 Å².